The van der Waals surface area contributed by atoms with Gasteiger partial charge in [-0.15, -0.1) is 10.2 Å². The minimum atomic E-state index is -0.0874. The van der Waals surface area contributed by atoms with Crippen LogP contribution in [-0.2, 0) is 19.5 Å². The molecular formula is C21H22N4O. The predicted molar refractivity (Wildman–Crippen MR) is 101 cm³/mol. The lowest BCUT2D eigenvalue weighted by atomic mass is 10.0. The van der Waals surface area contributed by atoms with Crippen molar-refractivity contribution in [1.29, 1.82) is 0 Å². The van der Waals surface area contributed by atoms with Gasteiger partial charge in [0.25, 0.3) is 5.91 Å². The summed E-state index contributed by atoms with van der Waals surface area (Å²) in [5.74, 6) is 1.80. The molecule has 0 radical (unpaired) electrons. The minimum absolute atomic E-state index is 0.0874. The fourth-order valence-electron chi connectivity index (χ4n) is 3.38. The van der Waals surface area contributed by atoms with Crippen molar-refractivity contribution < 1.29 is 4.79 Å². The van der Waals surface area contributed by atoms with E-state index in [1.54, 1.807) is 0 Å². The van der Waals surface area contributed by atoms with Crippen molar-refractivity contribution in [3.8, 4) is 11.1 Å². The lowest BCUT2D eigenvalue weighted by Crippen LogP contribution is -2.25. The summed E-state index contributed by atoms with van der Waals surface area (Å²) in [5, 5.41) is 11.5. The van der Waals surface area contributed by atoms with Gasteiger partial charge >= 0.3 is 0 Å². The largest absolute Gasteiger partial charge is 0.345 e. The summed E-state index contributed by atoms with van der Waals surface area (Å²) in [5.41, 5.74) is 2.90. The summed E-state index contributed by atoms with van der Waals surface area (Å²) in [6.07, 6.45) is 4.51. The molecule has 1 N–H and O–H groups in total. The number of rotatable bonds is 4. The molecule has 1 aliphatic heterocycles. The van der Waals surface area contributed by atoms with Crippen LogP contribution < -0.4 is 5.32 Å². The Kier molecular flexibility index (Phi) is 4.78. The highest BCUT2D eigenvalue weighted by molar-refractivity contribution is 5.94. The van der Waals surface area contributed by atoms with E-state index in [1.807, 2.05) is 42.5 Å². The number of benzene rings is 2. The molecule has 3 aromatic rings. The Labute approximate surface area is 153 Å². The fourth-order valence-corrected chi connectivity index (χ4v) is 3.38. The van der Waals surface area contributed by atoms with Crippen molar-refractivity contribution >= 4 is 5.91 Å². The van der Waals surface area contributed by atoms with Crippen LogP contribution in [0.4, 0.5) is 0 Å². The second-order valence-corrected chi connectivity index (χ2v) is 6.62. The lowest BCUT2D eigenvalue weighted by Gasteiger charge is -2.09. The van der Waals surface area contributed by atoms with E-state index in [0.717, 1.165) is 48.6 Å². The summed E-state index contributed by atoms with van der Waals surface area (Å²) in [4.78, 5) is 12.5. The molecule has 26 heavy (non-hydrogen) atoms. The number of amides is 1. The number of hydrogen-bond donors (Lipinski definition) is 1. The first-order valence-corrected chi connectivity index (χ1v) is 9.16. The molecule has 1 aromatic heterocycles. The number of aryl methyl sites for hydroxylation is 1. The molecule has 2 aromatic carbocycles. The number of fused-ring (bicyclic) bond motifs is 1. The maximum Gasteiger partial charge on any atom is 0.251 e. The van der Waals surface area contributed by atoms with Crippen molar-refractivity contribution in [2.45, 2.75) is 38.8 Å². The smallest absolute Gasteiger partial charge is 0.251 e. The Morgan fingerprint density at radius 3 is 2.50 bits per heavy atom. The van der Waals surface area contributed by atoms with Crippen LogP contribution in [0.2, 0.25) is 0 Å². The van der Waals surface area contributed by atoms with E-state index < -0.39 is 0 Å². The SMILES string of the molecule is O=C(NCc1nnc2n1CCCCC2)c1ccc(-c2ccccc2)cc1. The summed E-state index contributed by atoms with van der Waals surface area (Å²) in [6.45, 7) is 1.35. The van der Waals surface area contributed by atoms with E-state index in [-0.39, 0.29) is 5.91 Å². The quantitative estimate of drug-likeness (QED) is 0.785. The van der Waals surface area contributed by atoms with E-state index in [2.05, 4.69) is 32.2 Å². The van der Waals surface area contributed by atoms with Gasteiger partial charge in [0.1, 0.15) is 5.82 Å². The number of nitrogens with zero attached hydrogens (tertiary/aromatic N) is 3. The van der Waals surface area contributed by atoms with E-state index in [0.29, 0.717) is 12.1 Å². The topological polar surface area (TPSA) is 59.8 Å². The van der Waals surface area contributed by atoms with Gasteiger partial charge in [0.05, 0.1) is 6.54 Å². The highest BCUT2D eigenvalue weighted by atomic mass is 16.1. The molecule has 0 fully saturated rings. The Balaban J connectivity index is 1.42. The van der Waals surface area contributed by atoms with Gasteiger partial charge in [0.2, 0.25) is 0 Å². The molecule has 0 spiro atoms. The van der Waals surface area contributed by atoms with Gasteiger partial charge in [-0.25, -0.2) is 0 Å². The molecule has 0 atom stereocenters. The van der Waals surface area contributed by atoms with Crippen molar-refractivity contribution in [3.63, 3.8) is 0 Å². The average Bonchev–Trinajstić information content (AvgIpc) is 2.93. The predicted octanol–water partition coefficient (Wildman–Crippen LogP) is 3.60. The third-order valence-electron chi connectivity index (χ3n) is 4.85. The molecule has 2 heterocycles. The fraction of sp³-hybridized carbons (Fsp3) is 0.286. The van der Waals surface area contributed by atoms with Crippen molar-refractivity contribution in [3.05, 3.63) is 71.8 Å². The van der Waals surface area contributed by atoms with Gasteiger partial charge < -0.3 is 9.88 Å². The van der Waals surface area contributed by atoms with E-state index in [9.17, 15) is 4.79 Å². The summed E-state index contributed by atoms with van der Waals surface area (Å²) in [7, 11) is 0. The molecule has 132 valence electrons. The second-order valence-electron chi connectivity index (χ2n) is 6.62. The third kappa shape index (κ3) is 3.52. The monoisotopic (exact) mass is 346 g/mol. The molecule has 0 bridgehead atoms. The summed E-state index contributed by atoms with van der Waals surface area (Å²) in [6, 6.07) is 17.8. The molecule has 4 rings (SSSR count). The Hall–Kier alpha value is -2.95. The number of carbonyl (C=O) groups is 1. The molecule has 0 unspecified atom stereocenters. The van der Waals surface area contributed by atoms with Crippen LogP contribution in [0.1, 0.15) is 41.3 Å². The van der Waals surface area contributed by atoms with Gasteiger partial charge in [-0.05, 0) is 36.1 Å². The Morgan fingerprint density at radius 2 is 1.69 bits per heavy atom. The van der Waals surface area contributed by atoms with Crippen LogP contribution in [0, 0.1) is 0 Å². The first-order valence-electron chi connectivity index (χ1n) is 9.16. The molecule has 5 heteroatoms. The van der Waals surface area contributed by atoms with Crippen LogP contribution in [-0.4, -0.2) is 20.7 Å². The number of hydrogen-bond acceptors (Lipinski definition) is 3. The van der Waals surface area contributed by atoms with Crippen LogP contribution in [0.3, 0.4) is 0 Å². The molecule has 1 aliphatic rings. The molecular weight excluding hydrogens is 324 g/mol. The van der Waals surface area contributed by atoms with Crippen molar-refractivity contribution in [2.75, 3.05) is 0 Å². The first-order chi connectivity index (χ1) is 12.8. The molecule has 0 saturated carbocycles. The molecule has 0 saturated heterocycles. The van der Waals surface area contributed by atoms with E-state index in [4.69, 9.17) is 0 Å². The zero-order valence-corrected chi connectivity index (χ0v) is 14.7. The van der Waals surface area contributed by atoms with Gasteiger partial charge in [-0.1, -0.05) is 48.9 Å². The maximum atomic E-state index is 12.5. The zero-order valence-electron chi connectivity index (χ0n) is 14.7. The maximum absolute atomic E-state index is 12.5. The third-order valence-corrected chi connectivity index (χ3v) is 4.85. The Bertz CT molecular complexity index is 884. The second kappa shape index (κ2) is 7.52. The van der Waals surface area contributed by atoms with Gasteiger partial charge in [0.15, 0.2) is 5.82 Å². The number of carbonyl (C=O) groups excluding carboxylic acids is 1. The zero-order chi connectivity index (χ0) is 17.8. The highest BCUT2D eigenvalue weighted by Crippen LogP contribution is 2.19. The van der Waals surface area contributed by atoms with Crippen molar-refractivity contribution in [1.82, 2.24) is 20.1 Å². The number of nitrogens with one attached hydrogen (secondary N) is 1. The minimum Gasteiger partial charge on any atom is -0.345 e. The van der Waals surface area contributed by atoms with Crippen LogP contribution in [0.15, 0.2) is 54.6 Å². The van der Waals surface area contributed by atoms with Crippen molar-refractivity contribution in [2.24, 2.45) is 0 Å². The highest BCUT2D eigenvalue weighted by Gasteiger charge is 2.15. The van der Waals surface area contributed by atoms with Crippen LogP contribution in [0.25, 0.3) is 11.1 Å². The summed E-state index contributed by atoms with van der Waals surface area (Å²) >= 11 is 0. The van der Waals surface area contributed by atoms with E-state index >= 15 is 0 Å². The van der Waals surface area contributed by atoms with Crippen LogP contribution in [0.5, 0.6) is 0 Å². The first kappa shape index (κ1) is 16.5. The van der Waals surface area contributed by atoms with Gasteiger partial charge in [0, 0.05) is 18.5 Å². The standard InChI is InChI=1S/C21H22N4O/c26-21(18-12-10-17(11-13-18)16-7-3-1-4-8-16)22-15-20-24-23-19-9-5-2-6-14-25(19)20/h1,3-4,7-8,10-13H,2,5-6,9,14-15H2,(H,22,26). The molecule has 5 nitrogen and oxygen atoms in total. The van der Waals surface area contributed by atoms with Gasteiger partial charge in [-0.2, -0.15) is 0 Å². The van der Waals surface area contributed by atoms with E-state index in [1.165, 1.54) is 6.42 Å². The molecule has 1 amide bonds. The lowest BCUT2D eigenvalue weighted by molar-refractivity contribution is 0.0949. The normalized spacial score (nSPS) is 13.7. The van der Waals surface area contributed by atoms with Gasteiger partial charge in [-0.3, -0.25) is 4.79 Å². The molecule has 0 aliphatic carbocycles. The summed E-state index contributed by atoms with van der Waals surface area (Å²) < 4.78 is 2.16. The Morgan fingerprint density at radius 1 is 0.923 bits per heavy atom. The van der Waals surface area contributed by atoms with Crippen LogP contribution >= 0.6 is 0 Å². The average molecular weight is 346 g/mol. The number of aromatic nitrogens is 3.